The van der Waals surface area contributed by atoms with Gasteiger partial charge in [-0.15, -0.1) is 0 Å². The number of hydrogen-bond acceptors (Lipinski definition) is 6. The molecule has 0 atom stereocenters. The fourth-order valence-corrected chi connectivity index (χ4v) is 1.73. The molecule has 7 heteroatoms. The Morgan fingerprint density at radius 1 is 1.45 bits per heavy atom. The largest absolute Gasteiger partial charge is 0.465 e. The number of ether oxygens (including phenoxy) is 2. The van der Waals surface area contributed by atoms with E-state index in [4.69, 9.17) is 21.6 Å². The average Bonchev–Trinajstić information content (AvgIpc) is 2.54. The highest BCUT2D eigenvalue weighted by Crippen LogP contribution is 2.26. The summed E-state index contributed by atoms with van der Waals surface area (Å²) < 4.78 is 9.47. The van der Waals surface area contributed by atoms with Crippen molar-refractivity contribution in [3.05, 3.63) is 40.6 Å². The van der Waals surface area contributed by atoms with Gasteiger partial charge in [-0.2, -0.15) is 5.26 Å². The first kappa shape index (κ1) is 17.5. The van der Waals surface area contributed by atoms with Crippen molar-refractivity contribution in [2.75, 3.05) is 19.0 Å². The molecule has 22 heavy (non-hydrogen) atoms. The number of anilines is 1. The van der Waals surface area contributed by atoms with Crippen LogP contribution in [-0.2, 0) is 14.3 Å². The third-order valence-electron chi connectivity index (χ3n) is 2.55. The fraction of sp³-hybridized carbons (Fsp3) is 0.267. The number of carbonyl (C=O) groups is 2. The zero-order valence-corrected chi connectivity index (χ0v) is 12.9. The molecule has 0 aliphatic rings. The number of halogens is 1. The minimum atomic E-state index is -0.725. The minimum Gasteiger partial charge on any atom is -0.465 e. The first-order valence-electron chi connectivity index (χ1n) is 6.45. The number of methoxy groups -OCH3 is 1. The first-order valence-corrected chi connectivity index (χ1v) is 6.83. The van der Waals surface area contributed by atoms with Crippen LogP contribution in [0.4, 0.5) is 5.69 Å². The summed E-state index contributed by atoms with van der Waals surface area (Å²) in [6.45, 7) is 2.08. The molecule has 0 bridgehead atoms. The van der Waals surface area contributed by atoms with Crippen LogP contribution in [0, 0.1) is 11.3 Å². The fourth-order valence-electron chi connectivity index (χ4n) is 1.47. The number of nitriles is 1. The molecule has 0 radical (unpaired) electrons. The van der Waals surface area contributed by atoms with Gasteiger partial charge >= 0.3 is 11.9 Å². The lowest BCUT2D eigenvalue weighted by molar-refractivity contribution is -0.138. The van der Waals surface area contributed by atoms with Gasteiger partial charge in [-0.05, 0) is 18.6 Å². The summed E-state index contributed by atoms with van der Waals surface area (Å²) in [7, 11) is 1.25. The van der Waals surface area contributed by atoms with E-state index in [1.54, 1.807) is 18.2 Å². The zero-order chi connectivity index (χ0) is 16.5. The van der Waals surface area contributed by atoms with Crippen molar-refractivity contribution in [1.29, 1.82) is 5.26 Å². The van der Waals surface area contributed by atoms with Crippen LogP contribution in [0.5, 0.6) is 0 Å². The van der Waals surface area contributed by atoms with Crippen molar-refractivity contribution in [3.63, 3.8) is 0 Å². The van der Waals surface area contributed by atoms with Crippen molar-refractivity contribution < 1.29 is 19.1 Å². The van der Waals surface area contributed by atoms with Crippen LogP contribution < -0.4 is 5.32 Å². The highest BCUT2D eigenvalue weighted by atomic mass is 35.5. The summed E-state index contributed by atoms with van der Waals surface area (Å²) in [5.41, 5.74) is 0.336. The molecule has 1 aromatic rings. The number of carbonyl (C=O) groups excluding carboxylic acids is 2. The predicted octanol–water partition coefficient (Wildman–Crippen LogP) is 2.90. The van der Waals surface area contributed by atoms with Gasteiger partial charge in [0.25, 0.3) is 0 Å². The maximum atomic E-state index is 11.6. The van der Waals surface area contributed by atoms with E-state index in [0.717, 1.165) is 0 Å². The van der Waals surface area contributed by atoms with E-state index < -0.39 is 11.9 Å². The third-order valence-corrected chi connectivity index (χ3v) is 2.96. The molecule has 0 aromatic heterocycles. The van der Waals surface area contributed by atoms with Crippen molar-refractivity contribution in [2.24, 2.45) is 0 Å². The Bertz CT molecular complexity index is 635. The van der Waals surface area contributed by atoms with E-state index in [2.05, 4.69) is 10.1 Å². The van der Waals surface area contributed by atoms with Crippen LogP contribution in [0.3, 0.4) is 0 Å². The predicted molar refractivity (Wildman–Crippen MR) is 81.4 cm³/mol. The van der Waals surface area contributed by atoms with Gasteiger partial charge in [0, 0.05) is 6.20 Å². The molecule has 0 saturated heterocycles. The summed E-state index contributed by atoms with van der Waals surface area (Å²) in [5, 5.41) is 11.8. The Hall–Kier alpha value is -2.52. The van der Waals surface area contributed by atoms with Crippen LogP contribution >= 0.6 is 11.6 Å². The maximum absolute atomic E-state index is 11.6. The smallest absolute Gasteiger partial charge is 0.350 e. The molecule has 1 aromatic carbocycles. The van der Waals surface area contributed by atoms with Crippen molar-refractivity contribution >= 4 is 29.2 Å². The second kappa shape index (κ2) is 8.70. The van der Waals surface area contributed by atoms with Gasteiger partial charge in [0.05, 0.1) is 30.0 Å². The van der Waals surface area contributed by atoms with Gasteiger partial charge in [0.1, 0.15) is 6.07 Å². The van der Waals surface area contributed by atoms with Crippen LogP contribution in [0.15, 0.2) is 30.0 Å². The monoisotopic (exact) mass is 322 g/mol. The van der Waals surface area contributed by atoms with E-state index >= 15 is 0 Å². The average molecular weight is 323 g/mol. The molecule has 0 aliphatic carbocycles. The summed E-state index contributed by atoms with van der Waals surface area (Å²) >= 11 is 6.08. The van der Waals surface area contributed by atoms with E-state index in [1.165, 1.54) is 19.4 Å². The number of rotatable bonds is 6. The second-order valence-electron chi connectivity index (χ2n) is 4.11. The number of nitrogens with one attached hydrogen (secondary N) is 1. The van der Waals surface area contributed by atoms with Gasteiger partial charge in [-0.25, -0.2) is 9.59 Å². The molecule has 0 spiro atoms. The molecule has 1 N–H and O–H groups in total. The first-order chi connectivity index (χ1) is 10.5. The maximum Gasteiger partial charge on any atom is 0.350 e. The highest BCUT2D eigenvalue weighted by Gasteiger charge is 2.14. The van der Waals surface area contributed by atoms with Crippen LogP contribution in [0.25, 0.3) is 0 Å². The number of benzene rings is 1. The Balaban J connectivity index is 2.95. The topological polar surface area (TPSA) is 88.4 Å². The van der Waals surface area contributed by atoms with E-state index in [0.29, 0.717) is 12.1 Å². The van der Waals surface area contributed by atoms with Gasteiger partial charge in [0.2, 0.25) is 0 Å². The normalized spacial score (nSPS) is 10.5. The molecule has 0 heterocycles. The lowest BCUT2D eigenvalue weighted by Crippen LogP contribution is -2.09. The summed E-state index contributed by atoms with van der Waals surface area (Å²) in [5.74, 6) is -1.31. The lowest BCUT2D eigenvalue weighted by atomic mass is 10.2. The molecule has 116 valence electrons. The minimum absolute atomic E-state index is 0.129. The second-order valence-corrected chi connectivity index (χ2v) is 4.49. The lowest BCUT2D eigenvalue weighted by Gasteiger charge is -2.08. The van der Waals surface area contributed by atoms with Crippen LogP contribution in [-0.4, -0.2) is 25.7 Å². The Morgan fingerprint density at radius 2 is 2.18 bits per heavy atom. The van der Waals surface area contributed by atoms with Crippen LogP contribution in [0.1, 0.15) is 23.7 Å². The SMILES string of the molecule is CCCOC(=O)C(C#N)=CNc1cccc(C(=O)OC)c1Cl. The van der Waals surface area contributed by atoms with E-state index in [9.17, 15) is 9.59 Å². The standard InChI is InChI=1S/C15H15ClN2O4/c1-3-7-22-14(19)10(8-17)9-18-12-6-4-5-11(13(12)16)15(20)21-2/h4-6,9,18H,3,7H2,1-2H3. The zero-order valence-electron chi connectivity index (χ0n) is 12.2. The Morgan fingerprint density at radius 3 is 2.77 bits per heavy atom. The quantitative estimate of drug-likeness (QED) is 0.492. The van der Waals surface area contributed by atoms with Gasteiger partial charge in [-0.3, -0.25) is 0 Å². The van der Waals surface area contributed by atoms with Crippen molar-refractivity contribution in [3.8, 4) is 6.07 Å². The van der Waals surface area contributed by atoms with Gasteiger partial charge in [-0.1, -0.05) is 24.6 Å². The Labute approximate surface area is 133 Å². The number of esters is 2. The summed E-state index contributed by atoms with van der Waals surface area (Å²) in [6, 6.07) is 6.43. The van der Waals surface area contributed by atoms with Crippen LogP contribution in [0.2, 0.25) is 5.02 Å². The summed E-state index contributed by atoms with van der Waals surface area (Å²) in [6.07, 6.45) is 1.84. The molecule has 0 amide bonds. The number of nitrogens with zero attached hydrogens (tertiary/aromatic N) is 1. The highest BCUT2D eigenvalue weighted by molar-refractivity contribution is 6.36. The van der Waals surface area contributed by atoms with E-state index in [1.807, 2.05) is 6.92 Å². The molecular formula is C15H15ClN2O4. The molecule has 6 nitrogen and oxygen atoms in total. The van der Waals surface area contributed by atoms with Gasteiger partial charge in [0.15, 0.2) is 5.57 Å². The molecular weight excluding hydrogens is 308 g/mol. The number of hydrogen-bond donors (Lipinski definition) is 1. The molecule has 1 rings (SSSR count). The van der Waals surface area contributed by atoms with E-state index in [-0.39, 0.29) is 22.8 Å². The molecule has 0 fully saturated rings. The Kier molecular flexibility index (Phi) is 6.93. The molecule has 0 aliphatic heterocycles. The third kappa shape index (κ3) is 4.50. The van der Waals surface area contributed by atoms with Crippen molar-refractivity contribution in [1.82, 2.24) is 0 Å². The molecule has 0 saturated carbocycles. The van der Waals surface area contributed by atoms with Gasteiger partial charge < -0.3 is 14.8 Å². The molecule has 0 unspecified atom stereocenters. The van der Waals surface area contributed by atoms with Crippen molar-refractivity contribution in [2.45, 2.75) is 13.3 Å². The summed E-state index contributed by atoms with van der Waals surface area (Å²) in [4.78, 5) is 23.1.